The van der Waals surface area contributed by atoms with Crippen molar-refractivity contribution in [1.29, 1.82) is 0 Å². The number of nitrogens with two attached hydrogens (primary N) is 1. The normalized spacial score (nSPS) is 11.0. The zero-order valence-corrected chi connectivity index (χ0v) is 18.6. The Morgan fingerprint density at radius 1 is 0.970 bits per heavy atom. The Morgan fingerprint density at radius 3 is 2.27 bits per heavy atom. The lowest BCUT2D eigenvalue weighted by atomic mass is 10.1. The second-order valence-corrected chi connectivity index (χ2v) is 7.87. The lowest BCUT2D eigenvalue weighted by molar-refractivity contribution is -0.131. The lowest BCUT2D eigenvalue weighted by Gasteiger charge is -2.18. The van der Waals surface area contributed by atoms with Gasteiger partial charge in [0.15, 0.2) is 5.69 Å². The second-order valence-electron chi connectivity index (χ2n) is 7.87. The summed E-state index contributed by atoms with van der Waals surface area (Å²) in [6.07, 6.45) is 0. The predicted octanol–water partition coefficient (Wildman–Crippen LogP) is 1.96. The highest BCUT2D eigenvalue weighted by molar-refractivity contribution is 6.04. The molecule has 9 heteroatoms. The van der Waals surface area contributed by atoms with E-state index >= 15 is 0 Å². The summed E-state index contributed by atoms with van der Waals surface area (Å²) >= 11 is 0. The molecule has 0 bridgehead atoms. The Morgan fingerprint density at radius 2 is 1.61 bits per heavy atom. The van der Waals surface area contributed by atoms with Gasteiger partial charge in [0.05, 0.1) is 16.8 Å². The van der Waals surface area contributed by atoms with Crippen molar-refractivity contribution >= 4 is 22.6 Å². The number of nitrogens with zero attached hydrogens (tertiary/aromatic N) is 5. The second kappa shape index (κ2) is 8.70. The number of aromatic nitrogens is 4. The van der Waals surface area contributed by atoms with E-state index in [0.29, 0.717) is 11.9 Å². The van der Waals surface area contributed by atoms with E-state index in [9.17, 15) is 14.4 Å². The molecular formula is C24H24N6O3. The van der Waals surface area contributed by atoms with Gasteiger partial charge < -0.3 is 10.6 Å². The monoisotopic (exact) mass is 444 g/mol. The maximum absolute atomic E-state index is 13.0. The quantitative estimate of drug-likeness (QED) is 0.488. The summed E-state index contributed by atoms with van der Waals surface area (Å²) in [4.78, 5) is 39.2. The maximum atomic E-state index is 13.0. The highest BCUT2D eigenvalue weighted by Crippen LogP contribution is 2.19. The molecular weight excluding hydrogens is 420 g/mol. The Labute approximate surface area is 190 Å². The van der Waals surface area contributed by atoms with E-state index in [2.05, 4.69) is 10.2 Å². The van der Waals surface area contributed by atoms with Crippen molar-refractivity contribution in [3.8, 4) is 5.69 Å². The van der Waals surface area contributed by atoms with Gasteiger partial charge in [0.25, 0.3) is 11.5 Å². The van der Waals surface area contributed by atoms with Crippen LogP contribution in [-0.4, -0.2) is 43.3 Å². The molecule has 168 valence electrons. The zero-order chi connectivity index (χ0) is 23.7. The molecule has 9 nitrogen and oxygen atoms in total. The fourth-order valence-corrected chi connectivity index (χ4v) is 3.82. The number of aryl methyl sites for hydroxylation is 1. The molecule has 2 N–H and O–H groups in total. The first-order chi connectivity index (χ1) is 15.8. The number of primary amides is 1. The van der Waals surface area contributed by atoms with Crippen LogP contribution in [0.25, 0.3) is 16.5 Å². The number of fused-ring (bicyclic) bond motifs is 1. The van der Waals surface area contributed by atoms with Crippen molar-refractivity contribution < 1.29 is 9.59 Å². The molecule has 0 atom stereocenters. The van der Waals surface area contributed by atoms with Gasteiger partial charge >= 0.3 is 0 Å². The number of para-hydroxylation sites is 1. The van der Waals surface area contributed by atoms with Crippen LogP contribution < -0.4 is 11.3 Å². The van der Waals surface area contributed by atoms with Gasteiger partial charge in [-0.25, -0.2) is 9.36 Å². The van der Waals surface area contributed by atoms with Crippen LogP contribution in [0.3, 0.4) is 0 Å². The number of hydrogen-bond acceptors (Lipinski definition) is 5. The molecule has 0 spiro atoms. The number of rotatable bonds is 6. The Bertz CT molecular complexity index is 1420. The highest BCUT2D eigenvalue weighted by atomic mass is 16.2. The SMILES string of the molecule is Cc1nn(-c2ccccc2)c(C)c1CN(C)C(=O)Cn1nc(C(N)=O)c2ccccc2c1=O. The van der Waals surface area contributed by atoms with E-state index in [1.54, 1.807) is 31.3 Å². The predicted molar refractivity (Wildman–Crippen MR) is 124 cm³/mol. The number of carbonyl (C=O) groups excluding carboxylic acids is 2. The molecule has 4 aromatic rings. The summed E-state index contributed by atoms with van der Waals surface area (Å²) < 4.78 is 2.84. The summed E-state index contributed by atoms with van der Waals surface area (Å²) in [6, 6.07) is 16.3. The first-order valence-electron chi connectivity index (χ1n) is 10.4. The van der Waals surface area contributed by atoms with E-state index < -0.39 is 11.5 Å². The van der Waals surface area contributed by atoms with Crippen LogP contribution in [0.15, 0.2) is 59.4 Å². The summed E-state index contributed by atoms with van der Waals surface area (Å²) in [5.41, 5.74) is 8.55. The smallest absolute Gasteiger partial charge is 0.275 e. The zero-order valence-electron chi connectivity index (χ0n) is 18.6. The van der Waals surface area contributed by atoms with Gasteiger partial charge in [0.1, 0.15) is 6.54 Å². The fraction of sp³-hybridized carbons (Fsp3) is 0.208. The molecule has 2 heterocycles. The lowest BCUT2D eigenvalue weighted by Crippen LogP contribution is -2.36. The Kier molecular flexibility index (Phi) is 5.78. The summed E-state index contributed by atoms with van der Waals surface area (Å²) in [7, 11) is 1.65. The van der Waals surface area contributed by atoms with Crippen LogP contribution in [0.1, 0.15) is 27.4 Å². The third-order valence-electron chi connectivity index (χ3n) is 5.65. The van der Waals surface area contributed by atoms with E-state index in [1.165, 1.54) is 4.90 Å². The molecule has 0 saturated carbocycles. The van der Waals surface area contributed by atoms with Crippen LogP contribution in [0.4, 0.5) is 0 Å². The molecule has 0 fully saturated rings. The van der Waals surface area contributed by atoms with Crippen molar-refractivity contribution in [3.05, 3.63) is 87.6 Å². The first kappa shape index (κ1) is 21.9. The molecule has 2 aromatic heterocycles. The average molecular weight is 444 g/mol. The highest BCUT2D eigenvalue weighted by Gasteiger charge is 2.20. The molecule has 2 aromatic carbocycles. The third-order valence-corrected chi connectivity index (χ3v) is 5.65. The van der Waals surface area contributed by atoms with Crippen LogP contribution in [-0.2, 0) is 17.9 Å². The van der Waals surface area contributed by atoms with Crippen molar-refractivity contribution in [3.63, 3.8) is 0 Å². The number of benzene rings is 2. The van der Waals surface area contributed by atoms with E-state index in [1.807, 2.05) is 48.9 Å². The van der Waals surface area contributed by atoms with E-state index in [4.69, 9.17) is 5.73 Å². The first-order valence-corrected chi connectivity index (χ1v) is 10.4. The van der Waals surface area contributed by atoms with E-state index in [0.717, 1.165) is 27.3 Å². The molecule has 0 radical (unpaired) electrons. The largest absolute Gasteiger partial charge is 0.364 e. The molecule has 0 unspecified atom stereocenters. The molecule has 0 aliphatic heterocycles. The summed E-state index contributed by atoms with van der Waals surface area (Å²) in [5, 5.41) is 9.34. The van der Waals surface area contributed by atoms with Gasteiger partial charge in [-0.3, -0.25) is 14.4 Å². The van der Waals surface area contributed by atoms with Crippen LogP contribution in [0.2, 0.25) is 0 Å². The van der Waals surface area contributed by atoms with Crippen molar-refractivity contribution in [2.24, 2.45) is 5.73 Å². The molecule has 33 heavy (non-hydrogen) atoms. The third kappa shape index (κ3) is 4.12. The minimum atomic E-state index is -0.764. The van der Waals surface area contributed by atoms with Crippen molar-refractivity contribution in [2.45, 2.75) is 26.9 Å². The van der Waals surface area contributed by atoms with E-state index in [-0.39, 0.29) is 23.5 Å². The molecule has 0 aliphatic carbocycles. The van der Waals surface area contributed by atoms with Crippen LogP contribution in [0, 0.1) is 13.8 Å². The van der Waals surface area contributed by atoms with Gasteiger partial charge in [0, 0.05) is 30.2 Å². The summed E-state index contributed by atoms with van der Waals surface area (Å²) in [5.74, 6) is -1.10. The van der Waals surface area contributed by atoms with Crippen molar-refractivity contribution in [2.75, 3.05) is 7.05 Å². The molecule has 2 amide bonds. The molecule has 4 rings (SSSR count). The Hall–Kier alpha value is -4.27. The number of carbonyl (C=O) groups is 2. The van der Waals surface area contributed by atoms with Crippen molar-refractivity contribution in [1.82, 2.24) is 24.5 Å². The minimum Gasteiger partial charge on any atom is -0.364 e. The topological polar surface area (TPSA) is 116 Å². The molecule has 0 aliphatic rings. The van der Waals surface area contributed by atoms with Gasteiger partial charge in [0.2, 0.25) is 5.91 Å². The standard InChI is InChI=1S/C24H24N6O3/c1-15-20(16(2)30(26-15)17-9-5-4-6-10-17)13-28(3)21(31)14-29-24(33)19-12-8-7-11-18(19)22(27-29)23(25)32/h4-12H,13-14H2,1-3H3,(H2,25,32). The van der Waals surface area contributed by atoms with Crippen LogP contribution in [0.5, 0.6) is 0 Å². The van der Waals surface area contributed by atoms with Gasteiger partial charge in [-0.15, -0.1) is 0 Å². The maximum Gasteiger partial charge on any atom is 0.275 e. The Balaban J connectivity index is 1.60. The van der Waals surface area contributed by atoms with Crippen LogP contribution >= 0.6 is 0 Å². The van der Waals surface area contributed by atoms with Gasteiger partial charge in [-0.05, 0) is 32.0 Å². The van der Waals surface area contributed by atoms with Gasteiger partial charge in [-0.1, -0.05) is 36.4 Å². The average Bonchev–Trinajstić information content (AvgIpc) is 3.09. The number of likely N-dealkylation sites (N-methyl/N-ethyl adjacent to an activating group) is 1. The number of hydrogen-bond donors (Lipinski definition) is 1. The number of amides is 2. The minimum absolute atomic E-state index is 0.0449. The molecule has 0 saturated heterocycles. The fourth-order valence-electron chi connectivity index (χ4n) is 3.82. The summed E-state index contributed by atoms with van der Waals surface area (Å²) in [6.45, 7) is 3.85. The van der Waals surface area contributed by atoms with Gasteiger partial charge in [-0.2, -0.15) is 10.2 Å².